The smallest absolute Gasteiger partial charge is 0.182 e. The van der Waals surface area contributed by atoms with E-state index in [1.165, 1.54) is 30.3 Å². The monoisotopic (exact) mass is 305 g/mol. The normalized spacial score (nSPS) is 10.2. The number of H-pyrrole nitrogens is 1. The first kappa shape index (κ1) is 15.8. The number of carbonyl (C=O) groups is 1. The van der Waals surface area contributed by atoms with Crippen molar-refractivity contribution in [2.24, 2.45) is 0 Å². The van der Waals surface area contributed by atoms with Crippen LogP contribution in [0.4, 0.5) is 13.2 Å². The number of benzene rings is 2. The zero-order valence-corrected chi connectivity index (χ0v) is 12.1. The quantitative estimate of drug-likeness (QED) is 0.657. The minimum Gasteiger partial charge on any atom is -0.351 e. The van der Waals surface area contributed by atoms with Gasteiger partial charge in [-0.3, -0.25) is 4.79 Å². The lowest BCUT2D eigenvalue weighted by molar-refractivity contribution is 0.112. The van der Waals surface area contributed by atoms with Gasteiger partial charge >= 0.3 is 0 Å². The summed E-state index contributed by atoms with van der Waals surface area (Å²) in [6.45, 7) is 4.00. The molecule has 0 aliphatic rings. The van der Waals surface area contributed by atoms with Crippen LogP contribution in [-0.2, 0) is 0 Å². The van der Waals surface area contributed by atoms with Crippen molar-refractivity contribution >= 4 is 17.2 Å². The van der Waals surface area contributed by atoms with Crippen LogP contribution in [-0.4, -0.2) is 11.3 Å². The second kappa shape index (κ2) is 6.47. The second-order valence-corrected chi connectivity index (χ2v) is 4.32. The number of aromatic nitrogens is 1. The highest BCUT2D eigenvalue weighted by atomic mass is 19.2. The number of carbonyl (C=O) groups excluding carboxylic acids is 1. The first-order valence-corrected chi connectivity index (χ1v) is 6.82. The predicted molar refractivity (Wildman–Crippen MR) is 80.3 cm³/mol. The molecule has 0 saturated heterocycles. The van der Waals surface area contributed by atoms with Gasteiger partial charge in [-0.1, -0.05) is 13.8 Å². The minimum absolute atomic E-state index is 0.0774. The van der Waals surface area contributed by atoms with Gasteiger partial charge in [-0.15, -0.1) is 0 Å². The van der Waals surface area contributed by atoms with Crippen LogP contribution < -0.4 is 0 Å². The molecule has 22 heavy (non-hydrogen) atoms. The summed E-state index contributed by atoms with van der Waals surface area (Å²) in [6.07, 6.45) is 0.564. The number of aldehydes is 1. The van der Waals surface area contributed by atoms with E-state index in [0.29, 0.717) is 22.9 Å². The molecule has 1 heterocycles. The van der Waals surface area contributed by atoms with Crippen molar-refractivity contribution < 1.29 is 18.0 Å². The average molecular weight is 305 g/mol. The fourth-order valence-corrected chi connectivity index (χ4v) is 2.19. The molecule has 0 radical (unpaired) electrons. The summed E-state index contributed by atoms with van der Waals surface area (Å²) in [5.74, 6) is -2.46. The van der Waals surface area contributed by atoms with E-state index in [4.69, 9.17) is 0 Å². The molecule has 114 valence electrons. The van der Waals surface area contributed by atoms with E-state index in [1.807, 2.05) is 13.8 Å². The Labute approximate surface area is 125 Å². The zero-order chi connectivity index (χ0) is 16.3. The molecule has 2 aromatic carbocycles. The fraction of sp³-hybridized carbons (Fsp3) is 0.118. The average Bonchev–Trinajstić information content (AvgIpc) is 2.93. The van der Waals surface area contributed by atoms with Gasteiger partial charge in [0.15, 0.2) is 17.9 Å². The van der Waals surface area contributed by atoms with Gasteiger partial charge in [0.1, 0.15) is 5.82 Å². The maximum absolute atomic E-state index is 13.7. The van der Waals surface area contributed by atoms with Crippen molar-refractivity contribution in [3.63, 3.8) is 0 Å². The first-order chi connectivity index (χ1) is 10.6. The summed E-state index contributed by atoms with van der Waals surface area (Å²) in [6, 6.07) is 7.68. The van der Waals surface area contributed by atoms with Gasteiger partial charge in [0.2, 0.25) is 0 Å². The zero-order valence-electron chi connectivity index (χ0n) is 12.1. The van der Waals surface area contributed by atoms with Crippen LogP contribution in [0.2, 0.25) is 0 Å². The largest absolute Gasteiger partial charge is 0.351 e. The third kappa shape index (κ3) is 2.62. The summed E-state index contributed by atoms with van der Waals surface area (Å²) < 4.78 is 39.9. The summed E-state index contributed by atoms with van der Waals surface area (Å²) in [5, 5.41) is 0.290. The highest BCUT2D eigenvalue weighted by Crippen LogP contribution is 2.31. The predicted octanol–water partition coefficient (Wildman–Crippen LogP) is 5.09. The molecule has 3 rings (SSSR count). The molecule has 0 spiro atoms. The molecule has 0 atom stereocenters. The van der Waals surface area contributed by atoms with Crippen LogP contribution in [0.5, 0.6) is 0 Å². The number of hydrogen-bond donors (Lipinski definition) is 1. The Balaban J connectivity index is 0.000000847. The topological polar surface area (TPSA) is 32.9 Å². The molecule has 3 aromatic rings. The van der Waals surface area contributed by atoms with Crippen molar-refractivity contribution in [2.45, 2.75) is 13.8 Å². The van der Waals surface area contributed by atoms with E-state index >= 15 is 0 Å². The van der Waals surface area contributed by atoms with Crippen LogP contribution in [0, 0.1) is 17.5 Å². The number of rotatable bonds is 2. The maximum Gasteiger partial charge on any atom is 0.182 e. The molecule has 0 fully saturated rings. The molecule has 2 nitrogen and oxygen atoms in total. The van der Waals surface area contributed by atoms with E-state index in [1.54, 1.807) is 0 Å². The number of nitrogens with one attached hydrogen (secondary N) is 1. The van der Waals surface area contributed by atoms with Gasteiger partial charge in [0.25, 0.3) is 0 Å². The van der Waals surface area contributed by atoms with Crippen LogP contribution in [0.1, 0.15) is 24.2 Å². The third-order valence-corrected chi connectivity index (χ3v) is 3.16. The van der Waals surface area contributed by atoms with Crippen molar-refractivity contribution in [1.82, 2.24) is 4.98 Å². The second-order valence-electron chi connectivity index (χ2n) is 4.32. The molecule has 0 unspecified atom stereocenters. The molecular weight excluding hydrogens is 291 g/mol. The number of hydrogen-bond acceptors (Lipinski definition) is 1. The van der Waals surface area contributed by atoms with Gasteiger partial charge in [0, 0.05) is 10.9 Å². The summed E-state index contributed by atoms with van der Waals surface area (Å²) in [5.41, 5.74) is 0.987. The maximum atomic E-state index is 13.7. The fourth-order valence-electron chi connectivity index (χ4n) is 2.19. The molecule has 5 heteroatoms. The minimum atomic E-state index is -1.04. The number of fused-ring (bicyclic) bond motifs is 1. The van der Waals surface area contributed by atoms with Crippen molar-refractivity contribution in [1.29, 1.82) is 0 Å². The molecule has 0 bridgehead atoms. The Kier molecular flexibility index (Phi) is 4.65. The number of aromatic amines is 1. The van der Waals surface area contributed by atoms with Crippen LogP contribution >= 0.6 is 0 Å². The highest BCUT2D eigenvalue weighted by molar-refractivity contribution is 6.04. The Morgan fingerprint density at radius 1 is 0.955 bits per heavy atom. The van der Waals surface area contributed by atoms with Crippen LogP contribution in [0.15, 0.2) is 36.4 Å². The third-order valence-electron chi connectivity index (χ3n) is 3.16. The standard InChI is InChI=1S/C15H8F3NO.C2H6/c16-9-3-1-8(2-4-9)14-11(7-20)10-5-6-12(17)13(18)15(10)19-14;1-2/h1-7,19H;1-2H3. The summed E-state index contributed by atoms with van der Waals surface area (Å²) in [7, 11) is 0. The molecular formula is C17H14F3NO. The van der Waals surface area contributed by atoms with Crippen LogP contribution in [0.3, 0.4) is 0 Å². The van der Waals surface area contributed by atoms with Gasteiger partial charge in [-0.25, -0.2) is 13.2 Å². The lowest BCUT2D eigenvalue weighted by Gasteiger charge is -1.99. The molecule has 0 aliphatic heterocycles. The molecule has 0 aliphatic carbocycles. The first-order valence-electron chi connectivity index (χ1n) is 6.82. The van der Waals surface area contributed by atoms with E-state index in [9.17, 15) is 18.0 Å². The number of halogens is 3. The summed E-state index contributed by atoms with van der Waals surface area (Å²) >= 11 is 0. The SMILES string of the molecule is CC.O=Cc1c(-c2ccc(F)cc2)[nH]c2c(F)c(F)ccc12. The van der Waals surface area contributed by atoms with Crippen molar-refractivity contribution in [2.75, 3.05) is 0 Å². The lowest BCUT2D eigenvalue weighted by Crippen LogP contribution is -1.85. The van der Waals surface area contributed by atoms with E-state index in [0.717, 1.165) is 6.07 Å². The van der Waals surface area contributed by atoms with E-state index in [-0.39, 0.29) is 11.1 Å². The van der Waals surface area contributed by atoms with Gasteiger partial charge in [-0.05, 0) is 42.0 Å². The Morgan fingerprint density at radius 3 is 2.18 bits per heavy atom. The van der Waals surface area contributed by atoms with Crippen molar-refractivity contribution in [3.05, 3.63) is 59.4 Å². The Bertz CT molecular complexity index is 807. The van der Waals surface area contributed by atoms with E-state index in [2.05, 4.69) is 4.98 Å². The van der Waals surface area contributed by atoms with Gasteiger partial charge < -0.3 is 4.98 Å². The molecule has 0 saturated carbocycles. The molecule has 0 amide bonds. The highest BCUT2D eigenvalue weighted by Gasteiger charge is 2.17. The van der Waals surface area contributed by atoms with Crippen LogP contribution in [0.25, 0.3) is 22.2 Å². The van der Waals surface area contributed by atoms with Gasteiger partial charge in [-0.2, -0.15) is 0 Å². The Morgan fingerprint density at radius 2 is 1.59 bits per heavy atom. The molecule has 1 aromatic heterocycles. The molecule has 1 N–H and O–H groups in total. The van der Waals surface area contributed by atoms with Crippen molar-refractivity contribution in [3.8, 4) is 11.3 Å². The van der Waals surface area contributed by atoms with E-state index < -0.39 is 17.5 Å². The van der Waals surface area contributed by atoms with Gasteiger partial charge in [0.05, 0.1) is 11.2 Å². The summed E-state index contributed by atoms with van der Waals surface area (Å²) in [4.78, 5) is 13.9. The lowest BCUT2D eigenvalue weighted by atomic mass is 10.1. The Hall–Kier alpha value is -2.56.